The van der Waals surface area contributed by atoms with Crippen LogP contribution in [0, 0.1) is 0 Å². The molecule has 0 aromatic heterocycles. The number of hydrogen-bond acceptors (Lipinski definition) is 7. The van der Waals surface area contributed by atoms with E-state index in [4.69, 9.17) is 19.7 Å². The van der Waals surface area contributed by atoms with Crippen LogP contribution >= 0.6 is 0 Å². The molecule has 0 aliphatic heterocycles. The summed E-state index contributed by atoms with van der Waals surface area (Å²) in [4.78, 5) is 20.2. The summed E-state index contributed by atoms with van der Waals surface area (Å²) in [6, 6.07) is 0. The van der Waals surface area contributed by atoms with Crippen molar-refractivity contribution in [2.24, 2.45) is 0 Å². The maximum atomic E-state index is 10.3. The van der Waals surface area contributed by atoms with Gasteiger partial charge in [0.2, 0.25) is 0 Å². The van der Waals surface area contributed by atoms with Crippen molar-refractivity contribution in [1.82, 2.24) is 0 Å². The standard InChI is InChI=1S/C7H14O3.C4H8O3.C2H6O/c1-4-9-5-6(2)10-7(3)8;1-4(6)7-3-2-5;1-2-3/h6H,4-5H2,1-3H3;5H,2-3H2,1H3;3H,2H2,1H3. The van der Waals surface area contributed by atoms with Gasteiger partial charge >= 0.3 is 11.9 Å². The van der Waals surface area contributed by atoms with Crippen LogP contribution in [0.4, 0.5) is 0 Å². The summed E-state index contributed by atoms with van der Waals surface area (Å²) in [7, 11) is 0. The maximum Gasteiger partial charge on any atom is 0.302 e. The van der Waals surface area contributed by atoms with Crippen molar-refractivity contribution in [3.8, 4) is 0 Å². The van der Waals surface area contributed by atoms with Gasteiger partial charge in [0, 0.05) is 27.1 Å². The van der Waals surface area contributed by atoms with E-state index in [-0.39, 0.29) is 37.9 Å². The number of esters is 2. The van der Waals surface area contributed by atoms with Gasteiger partial charge in [0.05, 0.1) is 13.2 Å². The number of aliphatic hydroxyl groups excluding tert-OH is 2. The maximum absolute atomic E-state index is 10.3. The fraction of sp³-hybridized carbons (Fsp3) is 0.846. The van der Waals surface area contributed by atoms with Crippen LogP contribution in [0.25, 0.3) is 0 Å². The normalized spacial score (nSPS) is 10.2. The molecule has 0 saturated carbocycles. The Labute approximate surface area is 120 Å². The molecule has 7 heteroatoms. The molecule has 0 radical (unpaired) electrons. The molecule has 0 heterocycles. The first kappa shape index (κ1) is 23.9. The van der Waals surface area contributed by atoms with Gasteiger partial charge in [-0.2, -0.15) is 0 Å². The van der Waals surface area contributed by atoms with E-state index < -0.39 is 0 Å². The minimum Gasteiger partial charge on any atom is -0.463 e. The van der Waals surface area contributed by atoms with Gasteiger partial charge in [0.15, 0.2) is 0 Å². The van der Waals surface area contributed by atoms with Gasteiger partial charge in [0.25, 0.3) is 0 Å². The van der Waals surface area contributed by atoms with E-state index in [2.05, 4.69) is 4.74 Å². The Kier molecular flexibility index (Phi) is 24.1. The van der Waals surface area contributed by atoms with Crippen molar-refractivity contribution in [2.75, 3.05) is 33.0 Å². The average molecular weight is 296 g/mol. The van der Waals surface area contributed by atoms with Crippen LogP contribution in [-0.4, -0.2) is 61.3 Å². The van der Waals surface area contributed by atoms with E-state index in [0.717, 1.165) is 0 Å². The largest absolute Gasteiger partial charge is 0.463 e. The molecule has 1 atom stereocenters. The van der Waals surface area contributed by atoms with Gasteiger partial charge < -0.3 is 24.4 Å². The number of carbonyl (C=O) groups excluding carboxylic acids is 2. The van der Waals surface area contributed by atoms with E-state index in [9.17, 15) is 9.59 Å². The minimum absolute atomic E-state index is 0.0976. The molecule has 0 aliphatic carbocycles. The number of ether oxygens (including phenoxy) is 3. The average Bonchev–Trinajstić information content (AvgIpc) is 2.34. The van der Waals surface area contributed by atoms with Gasteiger partial charge in [-0.3, -0.25) is 9.59 Å². The Balaban J connectivity index is -0.000000251. The predicted molar refractivity (Wildman–Crippen MR) is 74.2 cm³/mol. The molecule has 0 fully saturated rings. The summed E-state index contributed by atoms with van der Waals surface area (Å²) >= 11 is 0. The fourth-order valence-corrected chi connectivity index (χ4v) is 0.791. The van der Waals surface area contributed by atoms with E-state index >= 15 is 0 Å². The summed E-state index contributed by atoms with van der Waals surface area (Å²) in [5.74, 6) is -0.610. The molecule has 7 nitrogen and oxygen atoms in total. The molecule has 0 bridgehead atoms. The molecule has 0 rings (SSSR count). The molecule has 0 amide bonds. The zero-order chi connectivity index (χ0) is 16.4. The topological polar surface area (TPSA) is 102 Å². The Hall–Kier alpha value is -1.18. The molecule has 0 aliphatic rings. The third kappa shape index (κ3) is 36.0. The highest BCUT2D eigenvalue weighted by Crippen LogP contribution is 1.91. The molecule has 2 N–H and O–H groups in total. The lowest BCUT2D eigenvalue weighted by atomic mass is 10.4. The number of carbonyl (C=O) groups is 2. The summed E-state index contributed by atoms with van der Waals surface area (Å²) in [6.45, 7) is 9.48. The summed E-state index contributed by atoms with van der Waals surface area (Å²) in [5, 5.41) is 15.6. The van der Waals surface area contributed by atoms with E-state index in [1.165, 1.54) is 13.8 Å². The summed E-state index contributed by atoms with van der Waals surface area (Å²) in [5.41, 5.74) is 0. The third-order valence-corrected chi connectivity index (χ3v) is 1.32. The highest BCUT2D eigenvalue weighted by atomic mass is 16.6. The van der Waals surface area contributed by atoms with Crippen molar-refractivity contribution in [1.29, 1.82) is 0 Å². The first-order chi connectivity index (χ1) is 9.35. The summed E-state index contributed by atoms with van der Waals surface area (Å²) in [6.07, 6.45) is -0.127. The van der Waals surface area contributed by atoms with Crippen LogP contribution in [0.2, 0.25) is 0 Å². The van der Waals surface area contributed by atoms with Crippen molar-refractivity contribution in [2.45, 2.75) is 40.7 Å². The van der Waals surface area contributed by atoms with Crippen molar-refractivity contribution in [3.05, 3.63) is 0 Å². The Morgan fingerprint density at radius 1 is 1.10 bits per heavy atom. The lowest BCUT2D eigenvalue weighted by Crippen LogP contribution is -2.18. The number of rotatable bonds is 6. The first-order valence-corrected chi connectivity index (χ1v) is 6.45. The zero-order valence-electron chi connectivity index (χ0n) is 13.0. The summed E-state index contributed by atoms with van der Waals surface area (Å²) < 4.78 is 14.1. The van der Waals surface area contributed by atoms with Crippen LogP contribution in [0.5, 0.6) is 0 Å². The van der Waals surface area contributed by atoms with Crippen LogP contribution in [-0.2, 0) is 23.8 Å². The second-order valence-corrected chi connectivity index (χ2v) is 3.46. The first-order valence-electron chi connectivity index (χ1n) is 6.45. The molecular weight excluding hydrogens is 268 g/mol. The van der Waals surface area contributed by atoms with Crippen LogP contribution in [0.15, 0.2) is 0 Å². The zero-order valence-corrected chi connectivity index (χ0v) is 13.0. The molecule has 0 saturated heterocycles. The SMILES string of the molecule is CC(=O)OCCO.CCO.CCOCC(C)OC(C)=O. The number of hydrogen-bond donors (Lipinski definition) is 2. The smallest absolute Gasteiger partial charge is 0.302 e. The Morgan fingerprint density at radius 3 is 1.85 bits per heavy atom. The molecule has 20 heavy (non-hydrogen) atoms. The Bertz CT molecular complexity index is 219. The third-order valence-electron chi connectivity index (χ3n) is 1.32. The van der Waals surface area contributed by atoms with Crippen molar-refractivity contribution < 1.29 is 34.0 Å². The number of aliphatic hydroxyl groups is 2. The second-order valence-electron chi connectivity index (χ2n) is 3.46. The lowest BCUT2D eigenvalue weighted by molar-refractivity contribution is -0.148. The van der Waals surface area contributed by atoms with Crippen molar-refractivity contribution in [3.63, 3.8) is 0 Å². The van der Waals surface area contributed by atoms with E-state index in [0.29, 0.717) is 13.2 Å². The quantitative estimate of drug-likeness (QED) is 0.689. The molecule has 122 valence electrons. The predicted octanol–water partition coefficient (Wildman–Crippen LogP) is 0.515. The van der Waals surface area contributed by atoms with E-state index in [1.54, 1.807) is 13.8 Å². The van der Waals surface area contributed by atoms with E-state index in [1.807, 2.05) is 6.92 Å². The molecular formula is C13H28O7. The van der Waals surface area contributed by atoms with Crippen LogP contribution < -0.4 is 0 Å². The van der Waals surface area contributed by atoms with Crippen molar-refractivity contribution >= 4 is 11.9 Å². The van der Waals surface area contributed by atoms with Gasteiger partial charge in [-0.15, -0.1) is 0 Å². The molecule has 0 aromatic rings. The highest BCUT2D eigenvalue weighted by molar-refractivity contribution is 5.66. The second kappa shape index (κ2) is 20.1. The minimum atomic E-state index is -0.353. The molecule has 0 spiro atoms. The molecule has 1 unspecified atom stereocenters. The van der Waals surface area contributed by atoms with Gasteiger partial charge in [-0.1, -0.05) is 0 Å². The van der Waals surface area contributed by atoms with Crippen LogP contribution in [0.3, 0.4) is 0 Å². The Morgan fingerprint density at radius 2 is 1.60 bits per heavy atom. The fourth-order valence-electron chi connectivity index (χ4n) is 0.791. The lowest BCUT2D eigenvalue weighted by Gasteiger charge is -2.10. The van der Waals surface area contributed by atoms with Gasteiger partial charge in [-0.05, 0) is 20.8 Å². The van der Waals surface area contributed by atoms with Gasteiger partial charge in [0.1, 0.15) is 12.7 Å². The monoisotopic (exact) mass is 296 g/mol. The molecule has 0 aromatic carbocycles. The van der Waals surface area contributed by atoms with Gasteiger partial charge in [-0.25, -0.2) is 0 Å². The van der Waals surface area contributed by atoms with Crippen LogP contribution in [0.1, 0.15) is 34.6 Å². The highest BCUT2D eigenvalue weighted by Gasteiger charge is 2.03.